The fourth-order valence-electron chi connectivity index (χ4n) is 4.11. The Morgan fingerprint density at radius 2 is 1.77 bits per heavy atom. The second kappa shape index (κ2) is 11.0. The molecule has 1 unspecified atom stereocenters. The van der Waals surface area contributed by atoms with Crippen LogP contribution in [0, 0.1) is 0 Å². The number of benzene rings is 3. The average Bonchev–Trinajstić information content (AvgIpc) is 3.29. The van der Waals surface area contributed by atoms with Gasteiger partial charge in [0.1, 0.15) is 5.75 Å². The van der Waals surface area contributed by atoms with E-state index in [1.54, 1.807) is 24.3 Å². The number of Topliss-reactive ketones (excluding diaryl/α,β-unsaturated/α-hetero) is 1. The second-order valence-corrected chi connectivity index (χ2v) is 8.61. The molecule has 1 heterocycles. The number of carbonyl (C=O) groups is 2. The van der Waals surface area contributed by atoms with Crippen molar-refractivity contribution in [2.24, 2.45) is 0 Å². The minimum atomic E-state index is -0.459. The maximum atomic E-state index is 13.4. The zero-order valence-corrected chi connectivity index (χ0v) is 20.0. The third kappa shape index (κ3) is 5.61. The van der Waals surface area contributed by atoms with Crippen molar-refractivity contribution in [3.8, 4) is 16.9 Å². The summed E-state index contributed by atoms with van der Waals surface area (Å²) in [7, 11) is 0. The Balaban J connectivity index is 1.59. The van der Waals surface area contributed by atoms with Crippen molar-refractivity contribution >= 4 is 22.6 Å². The molecular formula is C29H30N2O4. The van der Waals surface area contributed by atoms with Gasteiger partial charge < -0.3 is 20.1 Å². The van der Waals surface area contributed by atoms with E-state index in [4.69, 9.17) is 4.74 Å². The van der Waals surface area contributed by atoms with Gasteiger partial charge in [0.25, 0.3) is 5.91 Å². The van der Waals surface area contributed by atoms with Crippen molar-refractivity contribution in [3.63, 3.8) is 0 Å². The highest BCUT2D eigenvalue weighted by molar-refractivity contribution is 5.99. The summed E-state index contributed by atoms with van der Waals surface area (Å²) >= 11 is 0. The van der Waals surface area contributed by atoms with Gasteiger partial charge in [0.05, 0.1) is 24.8 Å². The van der Waals surface area contributed by atoms with Crippen LogP contribution < -0.4 is 10.1 Å². The molecule has 0 spiro atoms. The topological polar surface area (TPSA) is 91.4 Å². The lowest BCUT2D eigenvalue weighted by atomic mass is 9.99. The molecule has 1 atom stereocenters. The first-order valence-corrected chi connectivity index (χ1v) is 11.8. The highest BCUT2D eigenvalue weighted by atomic mass is 16.5. The second-order valence-electron chi connectivity index (χ2n) is 8.61. The number of para-hydroxylation sites is 1. The summed E-state index contributed by atoms with van der Waals surface area (Å²) in [4.78, 5) is 28.2. The Labute approximate surface area is 205 Å². The van der Waals surface area contributed by atoms with E-state index in [0.717, 1.165) is 34.0 Å². The van der Waals surface area contributed by atoms with E-state index < -0.39 is 6.04 Å². The molecule has 3 aromatic carbocycles. The van der Waals surface area contributed by atoms with Crippen LogP contribution in [0.1, 0.15) is 46.5 Å². The number of ketones is 1. The monoisotopic (exact) mass is 470 g/mol. The van der Waals surface area contributed by atoms with Crippen molar-refractivity contribution in [1.82, 2.24) is 10.3 Å². The highest BCUT2D eigenvalue weighted by Gasteiger charge is 2.19. The minimum Gasteiger partial charge on any atom is -0.493 e. The van der Waals surface area contributed by atoms with Crippen LogP contribution >= 0.6 is 0 Å². The Kier molecular flexibility index (Phi) is 7.63. The first-order chi connectivity index (χ1) is 17.0. The number of nitrogens with one attached hydrogen (secondary N) is 2. The molecule has 4 rings (SSSR count). The summed E-state index contributed by atoms with van der Waals surface area (Å²) in [6.07, 6.45) is 3.22. The number of hydrogen-bond acceptors (Lipinski definition) is 4. The quantitative estimate of drug-likeness (QED) is 0.279. The summed E-state index contributed by atoms with van der Waals surface area (Å²) in [5.41, 5.74) is 4.82. The largest absolute Gasteiger partial charge is 0.493 e. The molecule has 0 aliphatic carbocycles. The molecule has 3 N–H and O–H groups in total. The van der Waals surface area contributed by atoms with Gasteiger partial charge in [-0.1, -0.05) is 55.5 Å². The van der Waals surface area contributed by atoms with E-state index in [-0.39, 0.29) is 18.3 Å². The van der Waals surface area contributed by atoms with Crippen LogP contribution in [0.3, 0.4) is 0 Å². The fourth-order valence-corrected chi connectivity index (χ4v) is 4.11. The lowest BCUT2D eigenvalue weighted by Gasteiger charge is -2.18. The number of carbonyl (C=O) groups excluding carboxylic acids is 2. The number of aromatic amines is 1. The summed E-state index contributed by atoms with van der Waals surface area (Å²) in [5.74, 6) is 0.194. The van der Waals surface area contributed by atoms with Crippen molar-refractivity contribution in [2.45, 2.75) is 32.7 Å². The van der Waals surface area contributed by atoms with Gasteiger partial charge in [0, 0.05) is 22.7 Å². The fraction of sp³-hybridized carbons (Fsp3) is 0.241. The van der Waals surface area contributed by atoms with Gasteiger partial charge in [-0.05, 0) is 54.7 Å². The maximum Gasteiger partial charge on any atom is 0.255 e. The predicted octanol–water partition coefficient (Wildman–Crippen LogP) is 5.16. The summed E-state index contributed by atoms with van der Waals surface area (Å²) in [6.45, 7) is 3.84. The first kappa shape index (κ1) is 24.2. The summed E-state index contributed by atoms with van der Waals surface area (Å²) in [5, 5.41) is 14.1. The van der Waals surface area contributed by atoms with Gasteiger partial charge in [0.2, 0.25) is 0 Å². The zero-order valence-electron chi connectivity index (χ0n) is 20.0. The van der Waals surface area contributed by atoms with Crippen LogP contribution in [0.4, 0.5) is 0 Å². The zero-order chi connectivity index (χ0) is 24.8. The molecule has 1 amide bonds. The maximum absolute atomic E-state index is 13.4. The lowest BCUT2D eigenvalue weighted by molar-refractivity contribution is 0.0912. The Bertz CT molecular complexity index is 1320. The predicted molar refractivity (Wildman–Crippen MR) is 138 cm³/mol. The van der Waals surface area contributed by atoms with E-state index in [1.807, 2.05) is 55.6 Å². The molecule has 0 saturated heterocycles. The summed E-state index contributed by atoms with van der Waals surface area (Å²) in [6, 6.07) is 20.3. The van der Waals surface area contributed by atoms with Gasteiger partial charge in [0.15, 0.2) is 5.78 Å². The smallest absolute Gasteiger partial charge is 0.255 e. The van der Waals surface area contributed by atoms with Gasteiger partial charge in [-0.3, -0.25) is 9.59 Å². The molecule has 4 aromatic rings. The van der Waals surface area contributed by atoms with Crippen molar-refractivity contribution in [3.05, 3.63) is 89.6 Å². The SMILES string of the molecule is CCCOc1ccc(-c2ccc(C(C)=O)cc2)cc1C(=O)NC(CO)Cc1c[nH]c2ccccc12. The number of amides is 1. The van der Waals surface area contributed by atoms with Gasteiger partial charge >= 0.3 is 0 Å². The van der Waals surface area contributed by atoms with Gasteiger partial charge in [-0.2, -0.15) is 0 Å². The number of aliphatic hydroxyl groups excluding tert-OH is 1. The van der Waals surface area contributed by atoms with Crippen LogP contribution in [-0.2, 0) is 6.42 Å². The molecule has 6 heteroatoms. The van der Waals surface area contributed by atoms with E-state index in [2.05, 4.69) is 10.3 Å². The number of rotatable bonds is 10. The highest BCUT2D eigenvalue weighted by Crippen LogP contribution is 2.28. The molecule has 0 aliphatic rings. The van der Waals surface area contributed by atoms with Crippen LogP contribution in [0.25, 0.3) is 22.0 Å². The van der Waals surface area contributed by atoms with Crippen molar-refractivity contribution < 1.29 is 19.4 Å². The molecule has 180 valence electrons. The number of H-pyrrole nitrogens is 1. The number of ether oxygens (including phenoxy) is 1. The van der Waals surface area contributed by atoms with E-state index >= 15 is 0 Å². The van der Waals surface area contributed by atoms with Gasteiger partial charge in [-0.25, -0.2) is 0 Å². The Hall–Kier alpha value is -3.90. The molecule has 0 radical (unpaired) electrons. The number of aromatic nitrogens is 1. The third-order valence-corrected chi connectivity index (χ3v) is 6.01. The van der Waals surface area contributed by atoms with E-state index in [9.17, 15) is 14.7 Å². The Morgan fingerprint density at radius 1 is 1.03 bits per heavy atom. The lowest BCUT2D eigenvalue weighted by Crippen LogP contribution is -2.39. The molecular weight excluding hydrogens is 440 g/mol. The summed E-state index contributed by atoms with van der Waals surface area (Å²) < 4.78 is 5.85. The standard InChI is InChI=1S/C29H30N2O4/c1-3-14-35-28-13-12-22(21-10-8-20(9-11-21)19(2)33)16-26(28)29(34)31-24(18-32)15-23-17-30-27-7-5-4-6-25(23)27/h4-13,16-17,24,30,32H,3,14-15,18H2,1-2H3,(H,31,34). The van der Waals surface area contributed by atoms with Crippen LogP contribution in [0.2, 0.25) is 0 Å². The van der Waals surface area contributed by atoms with E-state index in [0.29, 0.717) is 29.9 Å². The molecule has 0 fully saturated rings. The molecule has 35 heavy (non-hydrogen) atoms. The van der Waals surface area contributed by atoms with Crippen molar-refractivity contribution in [1.29, 1.82) is 0 Å². The van der Waals surface area contributed by atoms with Crippen molar-refractivity contribution in [2.75, 3.05) is 13.2 Å². The average molecular weight is 471 g/mol. The third-order valence-electron chi connectivity index (χ3n) is 6.01. The molecule has 1 aromatic heterocycles. The molecule has 0 bridgehead atoms. The van der Waals surface area contributed by atoms with Crippen LogP contribution in [0.15, 0.2) is 72.9 Å². The van der Waals surface area contributed by atoms with E-state index in [1.165, 1.54) is 6.92 Å². The molecule has 0 aliphatic heterocycles. The molecule has 6 nitrogen and oxygen atoms in total. The minimum absolute atomic E-state index is 0.00479. The Morgan fingerprint density at radius 3 is 2.49 bits per heavy atom. The van der Waals surface area contributed by atoms with Crippen LogP contribution in [0.5, 0.6) is 5.75 Å². The molecule has 0 saturated carbocycles. The number of aliphatic hydroxyl groups is 1. The number of hydrogen-bond donors (Lipinski definition) is 3. The number of fused-ring (bicyclic) bond motifs is 1. The van der Waals surface area contributed by atoms with Gasteiger partial charge in [-0.15, -0.1) is 0 Å². The van der Waals surface area contributed by atoms with Crippen LogP contribution in [-0.4, -0.2) is 41.0 Å². The normalized spacial score (nSPS) is 11.9. The first-order valence-electron chi connectivity index (χ1n) is 11.8.